The van der Waals surface area contributed by atoms with Crippen LogP contribution in [0.3, 0.4) is 0 Å². The molecule has 3 aromatic heterocycles. The van der Waals surface area contributed by atoms with Gasteiger partial charge < -0.3 is 20.7 Å². The summed E-state index contributed by atoms with van der Waals surface area (Å²) in [6.45, 7) is -0.630. The van der Waals surface area contributed by atoms with Crippen molar-refractivity contribution in [2.75, 3.05) is 18.0 Å². The van der Waals surface area contributed by atoms with Crippen LogP contribution in [-0.4, -0.2) is 50.6 Å². The second-order valence-electron chi connectivity index (χ2n) is 9.52. The van der Waals surface area contributed by atoms with Crippen molar-refractivity contribution < 1.29 is 18.7 Å². The lowest BCUT2D eigenvalue weighted by Gasteiger charge is -2.39. The molecule has 0 radical (unpaired) electrons. The van der Waals surface area contributed by atoms with Crippen molar-refractivity contribution in [2.45, 2.75) is 43.6 Å². The number of fused-ring (bicyclic) bond motifs is 3. The number of carboxylic acids is 1. The number of carboxylic acid groups (broad SMARTS) is 1. The third-order valence-electron chi connectivity index (χ3n) is 6.93. The normalized spacial score (nSPS) is 19.4. The topological polar surface area (TPSA) is 108 Å². The highest BCUT2D eigenvalue weighted by atomic mass is 19.3. The van der Waals surface area contributed by atoms with E-state index >= 15 is 0 Å². The average molecular weight is 451 g/mol. The Morgan fingerprint density at radius 2 is 1.97 bits per heavy atom. The van der Waals surface area contributed by atoms with Crippen LogP contribution in [0.2, 0.25) is 0 Å². The summed E-state index contributed by atoms with van der Waals surface area (Å²) in [4.78, 5) is 25.9. The van der Waals surface area contributed by atoms with Crippen LogP contribution in [0, 0.1) is 0 Å². The van der Waals surface area contributed by atoms with E-state index in [4.69, 9.17) is 5.73 Å². The van der Waals surface area contributed by atoms with Crippen LogP contribution >= 0.6 is 0 Å². The standard InChI is InChI=1S/C24H23F2N5O2/c25-24(26)11-31(12-24)19-4-2-14(10-29-19)17-7-16-13(9-28-17)1-3-15-20(22(32)33)18(30-21(15)16)8-23(27)5-6-23/h2,4,7,9-10,30H,1,3,5-6,8,11-12,27H2,(H,32,33). The number of hydrogen-bond acceptors (Lipinski definition) is 5. The molecule has 0 spiro atoms. The number of H-pyrrole nitrogens is 1. The quantitative estimate of drug-likeness (QED) is 0.549. The van der Waals surface area contributed by atoms with E-state index in [0.29, 0.717) is 42.0 Å². The number of aromatic nitrogens is 3. The van der Waals surface area contributed by atoms with E-state index in [1.54, 1.807) is 12.3 Å². The predicted molar refractivity (Wildman–Crippen MR) is 119 cm³/mol. The lowest BCUT2D eigenvalue weighted by molar-refractivity contribution is -0.0267. The number of nitrogens with two attached hydrogens (primary N) is 1. The summed E-state index contributed by atoms with van der Waals surface area (Å²) in [6, 6.07) is 5.50. The summed E-state index contributed by atoms with van der Waals surface area (Å²) in [5, 5.41) is 9.90. The summed E-state index contributed by atoms with van der Waals surface area (Å²) in [6.07, 6.45) is 7.13. The van der Waals surface area contributed by atoms with Crippen LogP contribution in [0.5, 0.6) is 0 Å². The molecule has 7 nitrogen and oxygen atoms in total. The van der Waals surface area contributed by atoms with E-state index in [1.807, 2.05) is 18.3 Å². The van der Waals surface area contributed by atoms with Gasteiger partial charge in [0, 0.05) is 41.2 Å². The monoisotopic (exact) mass is 451 g/mol. The van der Waals surface area contributed by atoms with Crippen molar-refractivity contribution in [2.24, 2.45) is 5.73 Å². The second-order valence-corrected chi connectivity index (χ2v) is 9.52. The van der Waals surface area contributed by atoms with Crippen molar-refractivity contribution in [3.05, 3.63) is 53.0 Å². The van der Waals surface area contributed by atoms with E-state index in [0.717, 1.165) is 40.8 Å². The van der Waals surface area contributed by atoms with Gasteiger partial charge in [0.15, 0.2) is 0 Å². The third-order valence-corrected chi connectivity index (χ3v) is 6.93. The molecule has 2 aliphatic carbocycles. The zero-order valence-corrected chi connectivity index (χ0v) is 17.9. The first kappa shape index (κ1) is 20.3. The van der Waals surface area contributed by atoms with Crippen molar-refractivity contribution in [3.63, 3.8) is 0 Å². The number of alkyl halides is 2. The van der Waals surface area contributed by atoms with Gasteiger partial charge in [0.1, 0.15) is 5.82 Å². The third kappa shape index (κ3) is 3.47. The molecular weight excluding hydrogens is 428 g/mol. The Kier molecular flexibility index (Phi) is 4.20. The Morgan fingerprint density at radius 1 is 1.18 bits per heavy atom. The smallest absolute Gasteiger partial charge is 0.337 e. The number of aromatic carboxylic acids is 1. The molecule has 1 saturated carbocycles. The highest BCUT2D eigenvalue weighted by Crippen LogP contribution is 2.41. The molecule has 0 aromatic carbocycles. The zero-order valence-electron chi connectivity index (χ0n) is 17.9. The fourth-order valence-electron chi connectivity index (χ4n) is 4.89. The van der Waals surface area contributed by atoms with Gasteiger partial charge in [-0.15, -0.1) is 0 Å². The number of hydrogen-bond donors (Lipinski definition) is 3. The zero-order chi connectivity index (χ0) is 23.0. The van der Waals surface area contributed by atoms with E-state index < -0.39 is 11.9 Å². The molecule has 3 aromatic rings. The summed E-state index contributed by atoms with van der Waals surface area (Å²) in [5.41, 5.74) is 12.1. The van der Waals surface area contributed by atoms with Crippen LogP contribution in [0.15, 0.2) is 30.6 Å². The molecule has 1 saturated heterocycles. The summed E-state index contributed by atoms with van der Waals surface area (Å²) in [5.74, 6) is -3.06. The lowest BCUT2D eigenvalue weighted by Crippen LogP contribution is -2.56. The van der Waals surface area contributed by atoms with E-state index in [-0.39, 0.29) is 18.6 Å². The maximum absolute atomic E-state index is 13.1. The number of nitrogens with zero attached hydrogens (tertiary/aromatic N) is 3. The molecule has 0 bridgehead atoms. The minimum atomic E-state index is -2.65. The highest BCUT2D eigenvalue weighted by molar-refractivity contribution is 5.95. The molecule has 6 rings (SSSR count). The van der Waals surface area contributed by atoms with Gasteiger partial charge in [0.05, 0.1) is 30.0 Å². The van der Waals surface area contributed by atoms with E-state index in [1.165, 1.54) is 4.90 Å². The first-order valence-electron chi connectivity index (χ1n) is 11.1. The Morgan fingerprint density at radius 3 is 2.61 bits per heavy atom. The van der Waals surface area contributed by atoms with Crippen molar-refractivity contribution in [1.29, 1.82) is 0 Å². The molecular formula is C24H23F2N5O2. The second kappa shape index (κ2) is 6.84. The van der Waals surface area contributed by atoms with Crippen molar-refractivity contribution in [3.8, 4) is 22.5 Å². The van der Waals surface area contributed by atoms with Gasteiger partial charge >= 0.3 is 5.97 Å². The summed E-state index contributed by atoms with van der Waals surface area (Å²) < 4.78 is 26.3. The van der Waals surface area contributed by atoms with Gasteiger partial charge in [-0.1, -0.05) is 0 Å². The Balaban J connectivity index is 1.35. The maximum Gasteiger partial charge on any atom is 0.337 e. The van der Waals surface area contributed by atoms with Crippen LogP contribution in [0.1, 0.15) is 40.0 Å². The van der Waals surface area contributed by atoms with Crippen molar-refractivity contribution >= 4 is 11.8 Å². The van der Waals surface area contributed by atoms with Gasteiger partial charge in [-0.2, -0.15) is 0 Å². The fraction of sp³-hybridized carbons (Fsp3) is 0.375. The van der Waals surface area contributed by atoms with Crippen LogP contribution in [0.4, 0.5) is 14.6 Å². The number of pyridine rings is 2. The van der Waals surface area contributed by atoms with Gasteiger partial charge in [-0.25, -0.2) is 18.6 Å². The largest absolute Gasteiger partial charge is 0.478 e. The molecule has 3 aliphatic rings. The number of anilines is 1. The lowest BCUT2D eigenvalue weighted by atomic mass is 9.88. The Hall–Kier alpha value is -3.33. The van der Waals surface area contributed by atoms with Gasteiger partial charge in [0.2, 0.25) is 0 Å². The van der Waals surface area contributed by atoms with Crippen molar-refractivity contribution in [1.82, 2.24) is 15.0 Å². The minimum absolute atomic E-state index is 0.308. The molecule has 4 heterocycles. The molecule has 2 fully saturated rings. The van der Waals surface area contributed by atoms with E-state index in [2.05, 4.69) is 15.0 Å². The SMILES string of the molecule is NC1(Cc2[nH]c3c(c2C(=O)O)CCc2cnc(-c4ccc(N5CC(F)(F)C5)nc4)cc2-3)CC1. The molecule has 170 valence electrons. The van der Waals surface area contributed by atoms with Crippen LogP contribution in [0.25, 0.3) is 22.5 Å². The summed E-state index contributed by atoms with van der Waals surface area (Å²) >= 11 is 0. The predicted octanol–water partition coefficient (Wildman–Crippen LogP) is 3.42. The Bertz CT molecular complexity index is 1270. The molecule has 9 heteroatoms. The van der Waals surface area contributed by atoms with Gasteiger partial charge in [0.25, 0.3) is 5.92 Å². The fourth-order valence-corrected chi connectivity index (χ4v) is 4.89. The van der Waals surface area contributed by atoms with E-state index in [9.17, 15) is 18.7 Å². The molecule has 0 atom stereocenters. The minimum Gasteiger partial charge on any atom is -0.478 e. The number of aryl methyl sites for hydroxylation is 1. The molecule has 4 N–H and O–H groups in total. The first-order chi connectivity index (χ1) is 15.7. The first-order valence-corrected chi connectivity index (χ1v) is 11.1. The maximum atomic E-state index is 13.1. The number of nitrogens with one attached hydrogen (secondary N) is 1. The highest BCUT2D eigenvalue weighted by Gasteiger charge is 2.44. The molecule has 0 unspecified atom stereocenters. The number of rotatable bonds is 5. The van der Waals surface area contributed by atoms with Crippen LogP contribution < -0.4 is 10.6 Å². The Labute approximate surface area is 188 Å². The average Bonchev–Trinajstić information content (AvgIpc) is 3.37. The van der Waals surface area contributed by atoms with Gasteiger partial charge in [-0.05, 0) is 55.0 Å². The van der Waals surface area contributed by atoms with Gasteiger partial charge in [-0.3, -0.25) is 4.98 Å². The molecule has 33 heavy (non-hydrogen) atoms. The summed E-state index contributed by atoms with van der Waals surface area (Å²) in [7, 11) is 0. The van der Waals surface area contributed by atoms with Crippen LogP contribution in [-0.2, 0) is 19.3 Å². The number of halogens is 2. The number of aromatic amines is 1. The molecule has 1 aliphatic heterocycles. The molecule has 0 amide bonds. The number of carbonyl (C=O) groups is 1.